The molecule has 0 amide bonds. The molecule has 0 spiro atoms. The van der Waals surface area contributed by atoms with Crippen LogP contribution in [-0.2, 0) is 0 Å². The Labute approximate surface area is 123 Å². The summed E-state index contributed by atoms with van der Waals surface area (Å²) >= 11 is 0. The molecule has 1 aromatic heterocycles. The highest BCUT2D eigenvalue weighted by Gasteiger charge is 2.13. The Morgan fingerprint density at radius 1 is 1.29 bits per heavy atom. The summed E-state index contributed by atoms with van der Waals surface area (Å²) in [7, 11) is 0. The summed E-state index contributed by atoms with van der Waals surface area (Å²) in [6.07, 6.45) is 2.05. The number of benzene rings is 1. The van der Waals surface area contributed by atoms with Crippen molar-refractivity contribution in [3.63, 3.8) is 0 Å². The van der Waals surface area contributed by atoms with Crippen molar-refractivity contribution in [1.82, 2.24) is 9.97 Å². The monoisotopic (exact) mass is 283 g/mol. The van der Waals surface area contributed by atoms with Crippen LogP contribution in [0.25, 0.3) is 11.3 Å². The molecule has 21 heavy (non-hydrogen) atoms. The van der Waals surface area contributed by atoms with Gasteiger partial charge in [0.2, 0.25) is 5.95 Å². The number of unbranched alkanes of at least 4 members (excludes halogenated alkanes) is 1. The van der Waals surface area contributed by atoms with Crippen LogP contribution < -0.4 is 16.2 Å². The molecule has 0 radical (unpaired) electrons. The van der Waals surface area contributed by atoms with E-state index >= 15 is 0 Å². The lowest BCUT2D eigenvalue weighted by molar-refractivity contribution is 0.309. The highest BCUT2D eigenvalue weighted by Crippen LogP contribution is 2.28. The summed E-state index contributed by atoms with van der Waals surface area (Å²) in [5.41, 5.74) is 12.7. The second kappa shape index (κ2) is 6.57. The van der Waals surface area contributed by atoms with Crippen molar-refractivity contribution >= 4 is 11.8 Å². The highest BCUT2D eigenvalue weighted by molar-refractivity contribution is 5.73. The quantitative estimate of drug-likeness (QED) is 0.815. The second-order valence-corrected chi connectivity index (χ2v) is 4.53. The molecule has 0 fully saturated rings. The van der Waals surface area contributed by atoms with Crippen LogP contribution in [0.5, 0.6) is 5.75 Å². The molecule has 0 bridgehead atoms. The fourth-order valence-corrected chi connectivity index (χ4v) is 1.88. The summed E-state index contributed by atoms with van der Waals surface area (Å²) in [5, 5.41) is 9.21. The summed E-state index contributed by atoms with van der Waals surface area (Å²) in [5.74, 6) is 0.844. The van der Waals surface area contributed by atoms with Crippen LogP contribution in [0, 0.1) is 11.3 Å². The molecule has 6 nitrogen and oxygen atoms in total. The van der Waals surface area contributed by atoms with Crippen LogP contribution in [0.4, 0.5) is 11.8 Å². The number of ether oxygens (including phenoxy) is 1. The number of hydrogen-bond donors (Lipinski definition) is 2. The van der Waals surface area contributed by atoms with Crippen molar-refractivity contribution in [1.29, 1.82) is 5.26 Å². The number of nitrogen functional groups attached to an aromatic ring is 2. The molecule has 0 atom stereocenters. The maximum atomic E-state index is 9.21. The standard InChI is InChI=1S/C15H17N5O/c1-2-3-7-21-11-6-4-5-10(8-11)13-12(9-16)14(17)20-15(18)19-13/h4-6,8H,2-3,7H2,1H3,(H4,17,18,19,20). The highest BCUT2D eigenvalue weighted by atomic mass is 16.5. The van der Waals surface area contributed by atoms with Crippen LogP contribution in [-0.4, -0.2) is 16.6 Å². The summed E-state index contributed by atoms with van der Waals surface area (Å²) in [6.45, 7) is 2.75. The number of rotatable bonds is 5. The van der Waals surface area contributed by atoms with Crippen LogP contribution >= 0.6 is 0 Å². The molecule has 4 N–H and O–H groups in total. The van der Waals surface area contributed by atoms with E-state index in [2.05, 4.69) is 16.9 Å². The van der Waals surface area contributed by atoms with Gasteiger partial charge in [-0.2, -0.15) is 10.2 Å². The van der Waals surface area contributed by atoms with Crippen molar-refractivity contribution in [3.8, 4) is 23.1 Å². The van der Waals surface area contributed by atoms with Crippen molar-refractivity contribution in [2.45, 2.75) is 19.8 Å². The van der Waals surface area contributed by atoms with Gasteiger partial charge in [-0.3, -0.25) is 0 Å². The van der Waals surface area contributed by atoms with Gasteiger partial charge in [0.1, 0.15) is 23.2 Å². The molecule has 0 unspecified atom stereocenters. The zero-order valence-electron chi connectivity index (χ0n) is 11.8. The molecule has 0 aliphatic heterocycles. The Balaban J connectivity index is 2.38. The zero-order valence-corrected chi connectivity index (χ0v) is 11.8. The molecule has 0 saturated carbocycles. The maximum absolute atomic E-state index is 9.21. The van der Waals surface area contributed by atoms with Gasteiger partial charge in [-0.05, 0) is 18.6 Å². The first-order chi connectivity index (χ1) is 10.2. The molecule has 0 saturated heterocycles. The summed E-state index contributed by atoms with van der Waals surface area (Å²) < 4.78 is 5.65. The average molecular weight is 283 g/mol. The van der Waals surface area contributed by atoms with Crippen LogP contribution in [0.1, 0.15) is 25.3 Å². The fraction of sp³-hybridized carbons (Fsp3) is 0.267. The Bertz CT molecular complexity index is 678. The number of nitrogens with two attached hydrogens (primary N) is 2. The van der Waals surface area contributed by atoms with Gasteiger partial charge in [0, 0.05) is 5.56 Å². The third-order valence-corrected chi connectivity index (χ3v) is 2.94. The van der Waals surface area contributed by atoms with Crippen LogP contribution in [0.15, 0.2) is 24.3 Å². The number of nitriles is 1. The molecule has 1 aromatic carbocycles. The molecule has 108 valence electrons. The molecule has 1 heterocycles. The van der Waals surface area contributed by atoms with Crippen molar-refractivity contribution in [3.05, 3.63) is 29.8 Å². The van der Waals surface area contributed by atoms with E-state index in [0.29, 0.717) is 12.3 Å². The van der Waals surface area contributed by atoms with Crippen LogP contribution in [0.3, 0.4) is 0 Å². The van der Waals surface area contributed by atoms with Gasteiger partial charge in [0.15, 0.2) is 0 Å². The molecular formula is C15H17N5O. The number of hydrogen-bond acceptors (Lipinski definition) is 6. The molecule has 2 rings (SSSR count). The molecule has 0 aliphatic carbocycles. The lowest BCUT2D eigenvalue weighted by Crippen LogP contribution is -2.05. The van der Waals surface area contributed by atoms with E-state index in [9.17, 15) is 5.26 Å². The van der Waals surface area contributed by atoms with Crippen LogP contribution in [0.2, 0.25) is 0 Å². The predicted molar refractivity (Wildman–Crippen MR) is 81.4 cm³/mol. The maximum Gasteiger partial charge on any atom is 0.222 e. The minimum atomic E-state index is 0.0406. The van der Waals surface area contributed by atoms with Gasteiger partial charge >= 0.3 is 0 Å². The van der Waals surface area contributed by atoms with E-state index in [-0.39, 0.29) is 17.3 Å². The fourth-order valence-electron chi connectivity index (χ4n) is 1.88. The van der Waals surface area contributed by atoms with Crippen molar-refractivity contribution < 1.29 is 4.74 Å². The topological polar surface area (TPSA) is 111 Å². The van der Waals surface area contributed by atoms with Gasteiger partial charge in [-0.25, -0.2) is 4.98 Å². The van der Waals surface area contributed by atoms with E-state index in [1.54, 1.807) is 0 Å². The van der Waals surface area contributed by atoms with Crippen molar-refractivity contribution in [2.24, 2.45) is 0 Å². The first-order valence-corrected chi connectivity index (χ1v) is 6.72. The second-order valence-electron chi connectivity index (χ2n) is 4.53. The Hall–Kier alpha value is -2.81. The average Bonchev–Trinajstić information content (AvgIpc) is 2.47. The molecule has 0 aliphatic rings. The third-order valence-electron chi connectivity index (χ3n) is 2.94. The molecule has 6 heteroatoms. The number of anilines is 2. The zero-order chi connectivity index (χ0) is 15.2. The molecular weight excluding hydrogens is 266 g/mol. The van der Waals surface area contributed by atoms with Gasteiger partial charge in [0.05, 0.1) is 12.3 Å². The van der Waals surface area contributed by atoms with Gasteiger partial charge in [0.25, 0.3) is 0 Å². The number of nitrogens with zero attached hydrogens (tertiary/aromatic N) is 3. The minimum Gasteiger partial charge on any atom is -0.494 e. The summed E-state index contributed by atoms with van der Waals surface area (Å²) in [4.78, 5) is 7.93. The van der Waals surface area contributed by atoms with E-state index in [0.717, 1.165) is 24.2 Å². The van der Waals surface area contributed by atoms with E-state index < -0.39 is 0 Å². The van der Waals surface area contributed by atoms with Crippen molar-refractivity contribution in [2.75, 3.05) is 18.1 Å². The Kier molecular flexibility index (Phi) is 4.57. The normalized spacial score (nSPS) is 10.1. The van der Waals surface area contributed by atoms with E-state index in [1.165, 1.54) is 0 Å². The van der Waals surface area contributed by atoms with Gasteiger partial charge < -0.3 is 16.2 Å². The summed E-state index contributed by atoms with van der Waals surface area (Å²) in [6, 6.07) is 9.36. The first-order valence-electron chi connectivity index (χ1n) is 6.72. The largest absolute Gasteiger partial charge is 0.494 e. The molecule has 2 aromatic rings. The van der Waals surface area contributed by atoms with E-state index in [4.69, 9.17) is 16.2 Å². The third kappa shape index (κ3) is 3.39. The van der Waals surface area contributed by atoms with E-state index in [1.807, 2.05) is 30.3 Å². The van der Waals surface area contributed by atoms with Gasteiger partial charge in [-0.1, -0.05) is 25.5 Å². The number of aromatic nitrogens is 2. The Morgan fingerprint density at radius 3 is 2.81 bits per heavy atom. The lowest BCUT2D eigenvalue weighted by Gasteiger charge is -2.09. The first kappa shape index (κ1) is 14.6. The Morgan fingerprint density at radius 2 is 2.10 bits per heavy atom. The smallest absolute Gasteiger partial charge is 0.222 e. The predicted octanol–water partition coefficient (Wildman–Crippen LogP) is 2.36. The minimum absolute atomic E-state index is 0.0406. The van der Waals surface area contributed by atoms with Gasteiger partial charge in [-0.15, -0.1) is 0 Å². The lowest BCUT2D eigenvalue weighted by atomic mass is 10.1. The SMILES string of the molecule is CCCCOc1cccc(-c2nc(N)nc(N)c2C#N)c1.